The summed E-state index contributed by atoms with van der Waals surface area (Å²) < 4.78 is 0. The quantitative estimate of drug-likeness (QED) is 0.825. The van der Waals surface area contributed by atoms with Crippen LogP contribution in [0.25, 0.3) is 0 Å². The van der Waals surface area contributed by atoms with Crippen LogP contribution in [-0.4, -0.2) is 17.5 Å². The number of carbonyl (C=O) groups is 1. The number of carbonyl (C=O) groups excluding carboxylic acids is 1. The van der Waals surface area contributed by atoms with Crippen molar-refractivity contribution in [2.75, 3.05) is 6.61 Å². The van der Waals surface area contributed by atoms with E-state index in [1.54, 1.807) is 5.57 Å². The maximum Gasteiger partial charge on any atom is 0.161 e. The van der Waals surface area contributed by atoms with Crippen LogP contribution in [0.5, 0.6) is 0 Å². The summed E-state index contributed by atoms with van der Waals surface area (Å²) in [4.78, 5) is 12.3. The Morgan fingerprint density at radius 3 is 2.83 bits per heavy atom. The molecule has 4 aliphatic carbocycles. The lowest BCUT2D eigenvalue weighted by molar-refractivity contribution is -0.132. The summed E-state index contributed by atoms with van der Waals surface area (Å²) in [5.74, 6) is 2.39. The van der Waals surface area contributed by atoms with Crippen molar-refractivity contribution in [2.24, 2.45) is 34.5 Å². The van der Waals surface area contributed by atoms with E-state index >= 15 is 0 Å². The third kappa shape index (κ3) is 2.06. The van der Waals surface area contributed by atoms with Crippen LogP contribution >= 0.6 is 0 Å². The lowest BCUT2D eigenvalue weighted by atomic mass is 9.48. The van der Waals surface area contributed by atoms with Gasteiger partial charge in [-0.2, -0.15) is 0 Å². The number of allylic oxidation sites excluding steroid dienone is 4. The molecule has 4 rings (SSSR count). The smallest absolute Gasteiger partial charge is 0.161 e. The fraction of sp³-hybridized carbons (Fsp3) is 0.762. The van der Waals surface area contributed by atoms with Gasteiger partial charge in [0.25, 0.3) is 0 Å². The number of fused-ring (bicyclic) bond motifs is 5. The molecule has 0 aromatic carbocycles. The normalized spacial score (nSPS) is 48.2. The molecule has 2 nitrogen and oxygen atoms in total. The van der Waals surface area contributed by atoms with E-state index < -0.39 is 0 Å². The molecule has 0 spiro atoms. The van der Waals surface area contributed by atoms with E-state index in [2.05, 4.69) is 32.1 Å². The average Bonchev–Trinajstić information content (AvgIpc) is 2.91. The Morgan fingerprint density at radius 2 is 2.04 bits per heavy atom. The monoisotopic (exact) mass is 314 g/mol. The Morgan fingerprint density at radius 1 is 1.22 bits per heavy atom. The van der Waals surface area contributed by atoms with Gasteiger partial charge in [0, 0.05) is 5.92 Å². The van der Waals surface area contributed by atoms with Crippen LogP contribution < -0.4 is 0 Å². The second-order valence-electron chi connectivity index (χ2n) is 8.93. The van der Waals surface area contributed by atoms with Gasteiger partial charge in [0.15, 0.2) is 5.78 Å². The minimum atomic E-state index is -0.270. The van der Waals surface area contributed by atoms with Gasteiger partial charge in [-0.05, 0) is 79.1 Å². The highest BCUT2D eigenvalue weighted by Crippen LogP contribution is 2.65. The van der Waals surface area contributed by atoms with E-state index in [4.69, 9.17) is 0 Å². The summed E-state index contributed by atoms with van der Waals surface area (Å²) >= 11 is 0. The maximum atomic E-state index is 12.3. The number of hydrogen-bond acceptors (Lipinski definition) is 2. The van der Waals surface area contributed by atoms with Crippen LogP contribution in [0.3, 0.4) is 0 Å². The molecule has 6 atom stereocenters. The van der Waals surface area contributed by atoms with Crippen molar-refractivity contribution in [2.45, 2.75) is 58.8 Å². The van der Waals surface area contributed by atoms with Crippen molar-refractivity contribution in [1.29, 1.82) is 0 Å². The van der Waals surface area contributed by atoms with Gasteiger partial charge >= 0.3 is 0 Å². The summed E-state index contributed by atoms with van der Waals surface area (Å²) in [6.45, 7) is 4.57. The number of Topliss-reactive ketones (excluding diaryl/α,β-unsaturated/α-hetero) is 1. The highest BCUT2D eigenvalue weighted by Gasteiger charge is 2.59. The first-order valence-corrected chi connectivity index (χ1v) is 9.51. The third-order valence-electron chi connectivity index (χ3n) is 8.20. The topological polar surface area (TPSA) is 37.3 Å². The van der Waals surface area contributed by atoms with Gasteiger partial charge in [-0.15, -0.1) is 0 Å². The van der Waals surface area contributed by atoms with Crippen molar-refractivity contribution < 1.29 is 9.90 Å². The van der Waals surface area contributed by atoms with Gasteiger partial charge in [0.1, 0.15) is 6.61 Å². The molecule has 2 heteroatoms. The lowest BCUT2D eigenvalue weighted by Gasteiger charge is -2.56. The maximum absolute atomic E-state index is 12.3. The zero-order valence-corrected chi connectivity index (χ0v) is 14.6. The molecule has 4 aliphatic rings. The van der Waals surface area contributed by atoms with Gasteiger partial charge in [-0.1, -0.05) is 32.1 Å². The van der Waals surface area contributed by atoms with Crippen LogP contribution in [0.2, 0.25) is 0 Å². The largest absolute Gasteiger partial charge is 0.389 e. The summed E-state index contributed by atoms with van der Waals surface area (Å²) in [6.07, 6.45) is 15.5. The lowest BCUT2D eigenvalue weighted by Crippen LogP contribution is -2.50. The summed E-state index contributed by atoms with van der Waals surface area (Å²) in [5.41, 5.74) is 2.07. The minimum absolute atomic E-state index is 0.0901. The van der Waals surface area contributed by atoms with Crippen LogP contribution in [-0.2, 0) is 4.79 Å². The second kappa shape index (κ2) is 5.31. The van der Waals surface area contributed by atoms with Gasteiger partial charge in [-0.3, -0.25) is 4.79 Å². The molecule has 0 amide bonds. The van der Waals surface area contributed by atoms with Crippen molar-refractivity contribution in [3.8, 4) is 0 Å². The standard InChI is InChI=1S/C21H30O2/c1-20-11-4-3-5-14(20)6-7-15-16-8-9-18(19(23)13-22)21(16,2)12-10-17(15)20/h3,5-6,15-18,22H,4,7-13H2,1-2H3/t15-,16-,17-,18+,20-,21-/m0/s1. The predicted molar refractivity (Wildman–Crippen MR) is 91.8 cm³/mol. The van der Waals surface area contributed by atoms with Crippen molar-refractivity contribution in [1.82, 2.24) is 0 Å². The van der Waals surface area contributed by atoms with Crippen LogP contribution in [0, 0.1) is 34.5 Å². The van der Waals surface area contributed by atoms with Crippen LogP contribution in [0.15, 0.2) is 23.8 Å². The first kappa shape index (κ1) is 15.6. The fourth-order valence-electron chi connectivity index (χ4n) is 6.94. The molecule has 23 heavy (non-hydrogen) atoms. The fourth-order valence-corrected chi connectivity index (χ4v) is 6.94. The molecule has 0 unspecified atom stereocenters. The number of aliphatic hydroxyl groups excluding tert-OH is 1. The van der Waals surface area contributed by atoms with E-state index in [1.165, 1.54) is 38.5 Å². The number of aliphatic hydroxyl groups is 1. The van der Waals surface area contributed by atoms with Gasteiger partial charge in [-0.25, -0.2) is 0 Å². The molecular weight excluding hydrogens is 284 g/mol. The Bertz CT molecular complexity index is 574. The highest BCUT2D eigenvalue weighted by atomic mass is 16.3. The zero-order valence-electron chi connectivity index (χ0n) is 14.6. The second-order valence-corrected chi connectivity index (χ2v) is 8.93. The summed E-state index contributed by atoms with van der Waals surface area (Å²) in [5, 5.41) is 9.36. The molecule has 0 aromatic heterocycles. The van der Waals surface area contributed by atoms with Gasteiger partial charge in [0.05, 0.1) is 0 Å². The Balaban J connectivity index is 1.67. The molecule has 2 saturated carbocycles. The Kier molecular flexibility index (Phi) is 3.61. The Hall–Kier alpha value is -0.890. The van der Waals surface area contributed by atoms with Gasteiger partial charge in [0.2, 0.25) is 0 Å². The molecular formula is C21H30O2. The molecule has 0 saturated heterocycles. The molecule has 2 fully saturated rings. The number of rotatable bonds is 2. The predicted octanol–water partition coefficient (Wildman–Crippen LogP) is 4.29. The highest BCUT2D eigenvalue weighted by molar-refractivity contribution is 5.83. The first-order valence-electron chi connectivity index (χ1n) is 9.51. The number of hydrogen-bond donors (Lipinski definition) is 1. The average molecular weight is 314 g/mol. The SMILES string of the molecule is C[C@]12CC[C@H]3[C@@H](CC=C4C=CCC[C@@]43C)[C@@H]1CC[C@@H]2C(=O)CO. The zero-order chi connectivity index (χ0) is 16.2. The molecule has 0 heterocycles. The summed E-state index contributed by atoms with van der Waals surface area (Å²) in [6, 6.07) is 0. The number of ketones is 1. The summed E-state index contributed by atoms with van der Waals surface area (Å²) in [7, 11) is 0. The van der Waals surface area contributed by atoms with E-state index in [0.717, 1.165) is 18.3 Å². The minimum Gasteiger partial charge on any atom is -0.389 e. The first-order chi connectivity index (χ1) is 11.0. The molecule has 1 N–H and O–H groups in total. The van der Waals surface area contributed by atoms with E-state index in [1.807, 2.05) is 0 Å². The van der Waals surface area contributed by atoms with Crippen molar-refractivity contribution in [3.05, 3.63) is 23.8 Å². The van der Waals surface area contributed by atoms with Crippen molar-refractivity contribution >= 4 is 5.78 Å². The van der Waals surface area contributed by atoms with Crippen LogP contribution in [0.1, 0.15) is 58.8 Å². The van der Waals surface area contributed by atoms with Gasteiger partial charge < -0.3 is 5.11 Å². The molecule has 0 bridgehead atoms. The molecule has 0 aromatic rings. The molecule has 126 valence electrons. The van der Waals surface area contributed by atoms with E-state index in [0.29, 0.717) is 11.3 Å². The van der Waals surface area contributed by atoms with Crippen molar-refractivity contribution in [3.63, 3.8) is 0 Å². The Labute approximate surface area is 140 Å². The third-order valence-corrected chi connectivity index (χ3v) is 8.20. The van der Waals surface area contributed by atoms with E-state index in [9.17, 15) is 9.90 Å². The van der Waals surface area contributed by atoms with E-state index in [-0.39, 0.29) is 23.7 Å². The van der Waals surface area contributed by atoms with Crippen LogP contribution in [0.4, 0.5) is 0 Å². The molecule has 0 aliphatic heterocycles. The molecule has 0 radical (unpaired) electrons.